The summed E-state index contributed by atoms with van der Waals surface area (Å²) in [5, 5.41) is 2.64. The van der Waals surface area contributed by atoms with Gasteiger partial charge in [0.2, 0.25) is 0 Å². The highest BCUT2D eigenvalue weighted by atomic mass is 15.0. The molecule has 1 nitrogen and oxygen atoms in total. The number of hydrogen-bond acceptors (Lipinski definition) is 0. The Balaban J connectivity index is 0.000000410. The molecule has 3 aromatic carbocycles. The smallest absolute Gasteiger partial charge is 0.0541 e. The van der Waals surface area contributed by atoms with Crippen LogP contribution in [0.3, 0.4) is 0 Å². The van der Waals surface area contributed by atoms with Crippen molar-refractivity contribution in [2.45, 2.75) is 41.0 Å². The van der Waals surface area contributed by atoms with Gasteiger partial charge in [0.1, 0.15) is 0 Å². The van der Waals surface area contributed by atoms with Crippen molar-refractivity contribution < 1.29 is 0 Å². The monoisotopic (exact) mass is 331 g/mol. The molecule has 0 aliphatic rings. The SMILES string of the molecule is CC.CCC.Cc1ccc2c(c1)c1ccccc1n2-c1ccccc1. The lowest BCUT2D eigenvalue weighted by Crippen LogP contribution is -1.92. The highest BCUT2D eigenvalue weighted by Crippen LogP contribution is 2.32. The molecular weight excluding hydrogens is 302 g/mol. The van der Waals surface area contributed by atoms with Gasteiger partial charge < -0.3 is 4.57 Å². The summed E-state index contributed by atoms with van der Waals surface area (Å²) in [5.41, 5.74) is 5.04. The fourth-order valence-corrected chi connectivity index (χ4v) is 2.94. The molecule has 0 atom stereocenters. The molecule has 0 saturated heterocycles. The van der Waals surface area contributed by atoms with E-state index in [2.05, 4.69) is 98.1 Å². The summed E-state index contributed by atoms with van der Waals surface area (Å²) in [6.07, 6.45) is 1.25. The van der Waals surface area contributed by atoms with E-state index < -0.39 is 0 Å². The molecule has 0 amide bonds. The van der Waals surface area contributed by atoms with Crippen molar-refractivity contribution in [3.63, 3.8) is 0 Å². The van der Waals surface area contributed by atoms with Gasteiger partial charge in [-0.15, -0.1) is 0 Å². The molecule has 0 fully saturated rings. The molecule has 0 aliphatic carbocycles. The minimum Gasteiger partial charge on any atom is -0.309 e. The molecular formula is C24H29N. The molecule has 0 unspecified atom stereocenters. The lowest BCUT2D eigenvalue weighted by atomic mass is 10.1. The molecule has 0 radical (unpaired) electrons. The van der Waals surface area contributed by atoms with Crippen LogP contribution in [0.2, 0.25) is 0 Å². The zero-order valence-corrected chi connectivity index (χ0v) is 16.1. The molecule has 0 bridgehead atoms. The molecule has 4 rings (SSSR count). The molecule has 1 aromatic heterocycles. The average Bonchev–Trinajstić information content (AvgIpc) is 2.98. The van der Waals surface area contributed by atoms with Crippen LogP contribution in [-0.4, -0.2) is 4.57 Å². The maximum atomic E-state index is 2.34. The van der Waals surface area contributed by atoms with Crippen LogP contribution in [0.1, 0.15) is 39.7 Å². The largest absolute Gasteiger partial charge is 0.309 e. The van der Waals surface area contributed by atoms with E-state index in [1.165, 1.54) is 39.5 Å². The molecule has 130 valence electrons. The van der Waals surface area contributed by atoms with Crippen LogP contribution in [-0.2, 0) is 0 Å². The van der Waals surface area contributed by atoms with Crippen LogP contribution >= 0.6 is 0 Å². The fraction of sp³-hybridized carbons (Fsp3) is 0.250. The molecule has 1 heteroatoms. The summed E-state index contributed by atoms with van der Waals surface area (Å²) in [6.45, 7) is 10.4. The second-order valence-electron chi connectivity index (χ2n) is 5.92. The Hall–Kier alpha value is -2.54. The third kappa shape index (κ3) is 3.93. The van der Waals surface area contributed by atoms with E-state index in [4.69, 9.17) is 0 Å². The van der Waals surface area contributed by atoms with Crippen LogP contribution in [0.4, 0.5) is 0 Å². The van der Waals surface area contributed by atoms with Gasteiger partial charge in [-0.1, -0.05) is 82.1 Å². The first kappa shape index (κ1) is 18.8. The number of rotatable bonds is 1. The van der Waals surface area contributed by atoms with E-state index in [0.717, 1.165) is 0 Å². The van der Waals surface area contributed by atoms with Gasteiger partial charge in [0.25, 0.3) is 0 Å². The fourth-order valence-electron chi connectivity index (χ4n) is 2.94. The predicted octanol–water partition coefficient (Wildman–Crippen LogP) is 7.53. The Morgan fingerprint density at radius 2 is 1.24 bits per heavy atom. The first-order chi connectivity index (χ1) is 12.3. The summed E-state index contributed by atoms with van der Waals surface area (Å²) >= 11 is 0. The molecule has 0 aliphatic heterocycles. The number of para-hydroxylation sites is 2. The van der Waals surface area contributed by atoms with Crippen LogP contribution in [0.25, 0.3) is 27.5 Å². The number of benzene rings is 3. The van der Waals surface area contributed by atoms with Gasteiger partial charge in [0, 0.05) is 16.5 Å². The van der Waals surface area contributed by atoms with Gasteiger partial charge in [-0.2, -0.15) is 0 Å². The van der Waals surface area contributed by atoms with Gasteiger partial charge in [-0.25, -0.2) is 0 Å². The summed E-state index contributed by atoms with van der Waals surface area (Å²) in [5.74, 6) is 0. The zero-order valence-electron chi connectivity index (χ0n) is 16.1. The molecule has 4 aromatic rings. The highest BCUT2D eigenvalue weighted by molar-refractivity contribution is 6.09. The van der Waals surface area contributed by atoms with E-state index in [-0.39, 0.29) is 0 Å². The Kier molecular flexibility index (Phi) is 6.82. The molecule has 0 saturated carbocycles. The number of aryl methyl sites for hydroxylation is 1. The third-order valence-electron chi connectivity index (χ3n) is 3.84. The maximum absolute atomic E-state index is 2.34. The molecule has 25 heavy (non-hydrogen) atoms. The van der Waals surface area contributed by atoms with Crippen molar-refractivity contribution in [1.82, 2.24) is 4.57 Å². The first-order valence-corrected chi connectivity index (χ1v) is 9.31. The van der Waals surface area contributed by atoms with Gasteiger partial charge in [0.15, 0.2) is 0 Å². The topological polar surface area (TPSA) is 4.93 Å². The third-order valence-corrected chi connectivity index (χ3v) is 3.84. The van der Waals surface area contributed by atoms with E-state index in [1.54, 1.807) is 0 Å². The van der Waals surface area contributed by atoms with Crippen LogP contribution in [0.5, 0.6) is 0 Å². The van der Waals surface area contributed by atoms with Gasteiger partial charge in [0.05, 0.1) is 11.0 Å². The highest BCUT2D eigenvalue weighted by Gasteiger charge is 2.11. The summed E-state index contributed by atoms with van der Waals surface area (Å²) in [4.78, 5) is 0. The predicted molar refractivity (Wildman–Crippen MR) is 113 cm³/mol. The zero-order chi connectivity index (χ0) is 18.2. The molecule has 0 N–H and O–H groups in total. The lowest BCUT2D eigenvalue weighted by Gasteiger charge is -2.07. The van der Waals surface area contributed by atoms with E-state index in [9.17, 15) is 0 Å². The first-order valence-electron chi connectivity index (χ1n) is 9.31. The quantitative estimate of drug-likeness (QED) is 0.339. The van der Waals surface area contributed by atoms with Crippen LogP contribution in [0.15, 0.2) is 72.8 Å². The van der Waals surface area contributed by atoms with Crippen molar-refractivity contribution in [2.75, 3.05) is 0 Å². The Morgan fingerprint density at radius 1 is 0.680 bits per heavy atom. The second kappa shape index (κ2) is 9.08. The number of fused-ring (bicyclic) bond motifs is 3. The van der Waals surface area contributed by atoms with Crippen molar-refractivity contribution in [3.05, 3.63) is 78.4 Å². The minimum absolute atomic E-state index is 1.21. The Labute approximate surface area is 151 Å². The van der Waals surface area contributed by atoms with Crippen molar-refractivity contribution in [1.29, 1.82) is 0 Å². The number of aromatic nitrogens is 1. The van der Waals surface area contributed by atoms with Gasteiger partial charge >= 0.3 is 0 Å². The summed E-state index contributed by atoms with van der Waals surface area (Å²) in [7, 11) is 0. The minimum atomic E-state index is 1.21. The lowest BCUT2D eigenvalue weighted by molar-refractivity contribution is 1.09. The summed E-state index contributed by atoms with van der Waals surface area (Å²) in [6, 6.07) is 25.8. The number of hydrogen-bond donors (Lipinski definition) is 0. The van der Waals surface area contributed by atoms with E-state index in [1.807, 2.05) is 13.8 Å². The van der Waals surface area contributed by atoms with Crippen LogP contribution < -0.4 is 0 Å². The van der Waals surface area contributed by atoms with Crippen molar-refractivity contribution in [2.24, 2.45) is 0 Å². The van der Waals surface area contributed by atoms with Crippen LogP contribution in [0, 0.1) is 6.92 Å². The number of nitrogens with zero attached hydrogens (tertiary/aromatic N) is 1. The standard InChI is InChI=1S/C19H15N.C3H8.C2H6/c1-14-11-12-19-17(13-14)16-9-5-6-10-18(16)20(19)15-7-3-2-4-8-15;1-3-2;1-2/h2-13H,1H3;3H2,1-2H3;1-2H3. The Bertz CT molecular complexity index is 917. The molecule has 1 heterocycles. The normalized spacial score (nSPS) is 9.96. The van der Waals surface area contributed by atoms with E-state index >= 15 is 0 Å². The van der Waals surface area contributed by atoms with Gasteiger partial charge in [-0.05, 0) is 37.3 Å². The second-order valence-corrected chi connectivity index (χ2v) is 5.92. The van der Waals surface area contributed by atoms with Crippen molar-refractivity contribution in [3.8, 4) is 5.69 Å². The average molecular weight is 332 g/mol. The van der Waals surface area contributed by atoms with Crippen molar-refractivity contribution >= 4 is 21.8 Å². The van der Waals surface area contributed by atoms with E-state index in [0.29, 0.717) is 0 Å². The maximum Gasteiger partial charge on any atom is 0.0541 e. The molecule has 0 spiro atoms. The summed E-state index contributed by atoms with van der Waals surface area (Å²) < 4.78 is 2.34. The van der Waals surface area contributed by atoms with Gasteiger partial charge in [-0.3, -0.25) is 0 Å². The Morgan fingerprint density at radius 3 is 1.92 bits per heavy atom.